The summed E-state index contributed by atoms with van der Waals surface area (Å²) >= 11 is 0. The molecule has 4 nitrogen and oxygen atoms in total. The fourth-order valence-electron chi connectivity index (χ4n) is 1.36. The average Bonchev–Trinajstić information content (AvgIpc) is 2.29. The minimum atomic E-state index is -0.284. The van der Waals surface area contributed by atoms with Crippen molar-refractivity contribution < 1.29 is 9.53 Å². The molecule has 0 amide bonds. The standard InChI is InChI=1S/C12H14N2O2/c1-16-8-11(14)6-12(15)10-4-2-9(7-13)3-5-10/h2-5,11H,6,8,14H2,1H3. The third-order valence-corrected chi connectivity index (χ3v) is 2.16. The molecule has 0 aliphatic carbocycles. The predicted molar refractivity (Wildman–Crippen MR) is 60.0 cm³/mol. The summed E-state index contributed by atoms with van der Waals surface area (Å²) in [5.74, 6) is -0.0333. The molecule has 0 aliphatic rings. The molecular formula is C12H14N2O2. The molecule has 1 unspecified atom stereocenters. The van der Waals surface area contributed by atoms with Gasteiger partial charge in [0, 0.05) is 25.1 Å². The molecule has 0 aliphatic heterocycles. The Morgan fingerprint density at radius 3 is 2.62 bits per heavy atom. The minimum Gasteiger partial charge on any atom is -0.383 e. The number of ketones is 1. The van der Waals surface area contributed by atoms with Gasteiger partial charge in [0.1, 0.15) is 0 Å². The molecule has 4 heteroatoms. The van der Waals surface area contributed by atoms with Gasteiger partial charge in [0.25, 0.3) is 0 Å². The summed E-state index contributed by atoms with van der Waals surface area (Å²) in [7, 11) is 1.55. The van der Waals surface area contributed by atoms with Crippen molar-refractivity contribution in [1.82, 2.24) is 0 Å². The van der Waals surface area contributed by atoms with E-state index in [1.165, 1.54) is 0 Å². The van der Waals surface area contributed by atoms with E-state index in [2.05, 4.69) is 0 Å². The van der Waals surface area contributed by atoms with Crippen molar-refractivity contribution in [3.8, 4) is 6.07 Å². The number of carbonyl (C=O) groups is 1. The number of benzene rings is 1. The number of methoxy groups -OCH3 is 1. The maximum absolute atomic E-state index is 11.7. The van der Waals surface area contributed by atoms with E-state index in [1.54, 1.807) is 31.4 Å². The molecule has 0 heterocycles. The summed E-state index contributed by atoms with van der Waals surface area (Å²) in [4.78, 5) is 11.7. The zero-order valence-corrected chi connectivity index (χ0v) is 9.14. The van der Waals surface area contributed by atoms with E-state index in [0.29, 0.717) is 17.7 Å². The zero-order chi connectivity index (χ0) is 12.0. The van der Waals surface area contributed by atoms with Gasteiger partial charge in [0.2, 0.25) is 0 Å². The molecule has 0 spiro atoms. The van der Waals surface area contributed by atoms with E-state index in [-0.39, 0.29) is 18.2 Å². The first kappa shape index (κ1) is 12.4. The van der Waals surface area contributed by atoms with Crippen molar-refractivity contribution in [2.24, 2.45) is 5.73 Å². The Balaban J connectivity index is 2.63. The minimum absolute atomic E-state index is 0.0333. The van der Waals surface area contributed by atoms with Crippen LogP contribution in [0.1, 0.15) is 22.3 Å². The van der Waals surface area contributed by atoms with Crippen molar-refractivity contribution in [2.75, 3.05) is 13.7 Å². The fraction of sp³-hybridized carbons (Fsp3) is 0.333. The van der Waals surface area contributed by atoms with Gasteiger partial charge in [-0.05, 0) is 12.1 Å². The maximum Gasteiger partial charge on any atom is 0.164 e. The Kier molecular flexibility index (Phi) is 4.65. The molecule has 0 saturated carbocycles. The zero-order valence-electron chi connectivity index (χ0n) is 9.14. The lowest BCUT2D eigenvalue weighted by atomic mass is 10.0. The number of carbonyl (C=O) groups excluding carboxylic acids is 1. The second kappa shape index (κ2) is 6.01. The van der Waals surface area contributed by atoms with Crippen LogP contribution in [0.15, 0.2) is 24.3 Å². The Hall–Kier alpha value is -1.70. The summed E-state index contributed by atoms with van der Waals surface area (Å²) in [6.07, 6.45) is 0.250. The number of rotatable bonds is 5. The Labute approximate surface area is 94.6 Å². The van der Waals surface area contributed by atoms with E-state index in [9.17, 15) is 4.79 Å². The lowest BCUT2D eigenvalue weighted by Crippen LogP contribution is -2.28. The molecule has 84 valence electrons. The van der Waals surface area contributed by atoms with Gasteiger partial charge >= 0.3 is 0 Å². The van der Waals surface area contributed by atoms with E-state index in [1.807, 2.05) is 6.07 Å². The molecule has 1 aromatic carbocycles. The van der Waals surface area contributed by atoms with Gasteiger partial charge in [-0.25, -0.2) is 0 Å². The Bertz CT molecular complexity index is 392. The van der Waals surface area contributed by atoms with Gasteiger partial charge in [-0.15, -0.1) is 0 Å². The SMILES string of the molecule is COCC(N)CC(=O)c1ccc(C#N)cc1. The topological polar surface area (TPSA) is 76.1 Å². The van der Waals surface area contributed by atoms with E-state index < -0.39 is 0 Å². The molecule has 16 heavy (non-hydrogen) atoms. The highest BCUT2D eigenvalue weighted by Crippen LogP contribution is 2.07. The largest absolute Gasteiger partial charge is 0.383 e. The number of nitriles is 1. The quantitative estimate of drug-likeness (QED) is 0.751. The van der Waals surface area contributed by atoms with Crippen LogP contribution in [0.5, 0.6) is 0 Å². The maximum atomic E-state index is 11.7. The summed E-state index contributed by atoms with van der Waals surface area (Å²) in [5, 5.41) is 8.61. The van der Waals surface area contributed by atoms with Gasteiger partial charge in [0.05, 0.1) is 18.2 Å². The Morgan fingerprint density at radius 2 is 2.12 bits per heavy atom. The van der Waals surface area contributed by atoms with Crippen molar-refractivity contribution in [1.29, 1.82) is 5.26 Å². The van der Waals surface area contributed by atoms with Crippen molar-refractivity contribution in [3.63, 3.8) is 0 Å². The van der Waals surface area contributed by atoms with Crippen LogP contribution >= 0.6 is 0 Å². The van der Waals surface area contributed by atoms with E-state index in [0.717, 1.165) is 0 Å². The smallest absolute Gasteiger partial charge is 0.164 e. The number of hydrogen-bond acceptors (Lipinski definition) is 4. The Morgan fingerprint density at radius 1 is 1.50 bits per heavy atom. The lowest BCUT2D eigenvalue weighted by Gasteiger charge is -2.09. The second-order valence-corrected chi connectivity index (χ2v) is 3.53. The number of ether oxygens (including phenoxy) is 1. The first-order valence-corrected chi connectivity index (χ1v) is 4.95. The summed E-state index contributed by atoms with van der Waals surface area (Å²) in [6.45, 7) is 0.363. The van der Waals surface area contributed by atoms with Crippen LogP contribution < -0.4 is 5.73 Å². The molecule has 0 fully saturated rings. The summed E-state index contributed by atoms with van der Waals surface area (Å²) < 4.78 is 4.86. The second-order valence-electron chi connectivity index (χ2n) is 3.53. The number of Topliss-reactive ketones (excluding diaryl/α,β-unsaturated/α-hetero) is 1. The van der Waals surface area contributed by atoms with Crippen molar-refractivity contribution in [3.05, 3.63) is 35.4 Å². The van der Waals surface area contributed by atoms with Gasteiger partial charge in [-0.3, -0.25) is 4.79 Å². The first-order valence-electron chi connectivity index (χ1n) is 4.95. The third kappa shape index (κ3) is 3.46. The average molecular weight is 218 g/mol. The number of nitrogens with two attached hydrogens (primary N) is 1. The van der Waals surface area contributed by atoms with Crippen LogP contribution in [0.2, 0.25) is 0 Å². The monoisotopic (exact) mass is 218 g/mol. The van der Waals surface area contributed by atoms with Crippen LogP contribution in [0.3, 0.4) is 0 Å². The molecule has 0 aromatic heterocycles. The van der Waals surface area contributed by atoms with Crippen molar-refractivity contribution in [2.45, 2.75) is 12.5 Å². The highest BCUT2D eigenvalue weighted by Gasteiger charge is 2.11. The van der Waals surface area contributed by atoms with Crippen LogP contribution in [0.4, 0.5) is 0 Å². The van der Waals surface area contributed by atoms with Crippen LogP contribution in [0.25, 0.3) is 0 Å². The van der Waals surface area contributed by atoms with Gasteiger partial charge in [-0.2, -0.15) is 5.26 Å². The first-order chi connectivity index (χ1) is 7.67. The highest BCUT2D eigenvalue weighted by molar-refractivity contribution is 5.96. The van der Waals surface area contributed by atoms with Gasteiger partial charge in [0.15, 0.2) is 5.78 Å². The van der Waals surface area contributed by atoms with E-state index >= 15 is 0 Å². The molecule has 0 saturated heterocycles. The van der Waals surface area contributed by atoms with Gasteiger partial charge < -0.3 is 10.5 Å². The number of hydrogen-bond donors (Lipinski definition) is 1. The molecule has 1 atom stereocenters. The molecule has 2 N–H and O–H groups in total. The summed E-state index contributed by atoms with van der Waals surface area (Å²) in [5.41, 5.74) is 6.79. The van der Waals surface area contributed by atoms with Crippen molar-refractivity contribution >= 4 is 5.78 Å². The van der Waals surface area contributed by atoms with Gasteiger partial charge in [-0.1, -0.05) is 12.1 Å². The molecule has 1 aromatic rings. The van der Waals surface area contributed by atoms with Crippen LogP contribution in [-0.2, 0) is 4.74 Å². The normalized spacial score (nSPS) is 11.8. The molecule has 1 rings (SSSR count). The molecular weight excluding hydrogens is 204 g/mol. The molecule has 0 bridgehead atoms. The highest BCUT2D eigenvalue weighted by atomic mass is 16.5. The number of nitrogens with zero attached hydrogens (tertiary/aromatic N) is 1. The lowest BCUT2D eigenvalue weighted by molar-refractivity contribution is 0.0949. The summed E-state index contributed by atoms with van der Waals surface area (Å²) in [6, 6.07) is 8.23. The predicted octanol–water partition coefficient (Wildman–Crippen LogP) is 1.10. The fourth-order valence-corrected chi connectivity index (χ4v) is 1.36. The molecule has 0 radical (unpaired) electrons. The van der Waals surface area contributed by atoms with Crippen LogP contribution in [-0.4, -0.2) is 25.5 Å². The van der Waals surface area contributed by atoms with Crippen LogP contribution in [0, 0.1) is 11.3 Å². The van der Waals surface area contributed by atoms with E-state index in [4.69, 9.17) is 15.7 Å². The third-order valence-electron chi connectivity index (χ3n) is 2.16.